The van der Waals surface area contributed by atoms with Gasteiger partial charge in [0.25, 0.3) is 5.91 Å². The maximum absolute atomic E-state index is 13.0. The van der Waals surface area contributed by atoms with Crippen LogP contribution in [0.2, 0.25) is 10.0 Å². The van der Waals surface area contributed by atoms with E-state index in [1.54, 1.807) is 24.5 Å². The quantitative estimate of drug-likeness (QED) is 0.500. The van der Waals surface area contributed by atoms with Crippen LogP contribution in [0, 0.1) is 0 Å². The van der Waals surface area contributed by atoms with Gasteiger partial charge in [-0.05, 0) is 60.0 Å². The highest BCUT2D eigenvalue weighted by Crippen LogP contribution is 2.40. The Labute approximate surface area is 211 Å². The second-order valence-corrected chi connectivity index (χ2v) is 8.82. The molecule has 0 unspecified atom stereocenters. The number of anilines is 1. The molecule has 1 aromatic heterocycles. The van der Waals surface area contributed by atoms with Gasteiger partial charge < -0.3 is 15.0 Å². The minimum absolute atomic E-state index is 0.0296. The molecule has 2 aliphatic rings. The van der Waals surface area contributed by atoms with Crippen molar-refractivity contribution in [3.8, 4) is 11.5 Å². The van der Waals surface area contributed by atoms with E-state index in [-0.39, 0.29) is 21.7 Å². The maximum Gasteiger partial charge on any atom is 0.347 e. The Morgan fingerprint density at radius 1 is 1.06 bits per heavy atom. The van der Waals surface area contributed by atoms with Crippen LogP contribution in [0.15, 0.2) is 72.2 Å². The lowest BCUT2D eigenvalue weighted by atomic mass is 9.98. The van der Waals surface area contributed by atoms with E-state index in [0.717, 1.165) is 16.1 Å². The number of nitrogens with zero attached hydrogens (tertiary/aromatic N) is 4. The number of benzene rings is 2. The monoisotopic (exact) mass is 507 g/mol. The first-order valence-electron chi connectivity index (χ1n) is 10.7. The summed E-state index contributed by atoms with van der Waals surface area (Å²) < 4.78 is 5.98. The van der Waals surface area contributed by atoms with Crippen LogP contribution in [-0.2, 0) is 13.0 Å². The highest BCUT2D eigenvalue weighted by molar-refractivity contribution is 6.37. The molecule has 176 valence electrons. The first kappa shape index (κ1) is 22.9. The fourth-order valence-corrected chi connectivity index (χ4v) is 4.46. The normalized spacial score (nSPS) is 15.2. The fraction of sp³-hybridized carbons (Fsp3) is 0.120. The third kappa shape index (κ3) is 4.71. The highest BCUT2D eigenvalue weighted by atomic mass is 35.5. The van der Waals surface area contributed by atoms with E-state index < -0.39 is 6.03 Å². The van der Waals surface area contributed by atoms with E-state index in [1.807, 2.05) is 23.1 Å². The number of amides is 3. The summed E-state index contributed by atoms with van der Waals surface area (Å²) >= 11 is 12.9. The summed E-state index contributed by atoms with van der Waals surface area (Å²) in [6, 6.07) is 11.7. The van der Waals surface area contributed by atoms with Gasteiger partial charge in [0.05, 0.1) is 27.6 Å². The van der Waals surface area contributed by atoms with Crippen molar-refractivity contribution in [1.82, 2.24) is 15.2 Å². The summed E-state index contributed by atoms with van der Waals surface area (Å²) in [5, 5.41) is 8.14. The van der Waals surface area contributed by atoms with Gasteiger partial charge in [0.15, 0.2) is 5.75 Å². The minimum atomic E-state index is -0.476. The summed E-state index contributed by atoms with van der Waals surface area (Å²) in [6.45, 7) is 4.77. The Bertz CT molecular complexity index is 1350. The molecule has 0 aliphatic carbocycles. The standard InChI is InChI=1S/C25H19Cl2N5O3/c1-15-13-29-32(25(34)30-15)18-11-21(26)23(22(27)12-18)35-19-2-3-20-17(10-19)6-9-31(24(20)33)14-16-4-7-28-8-5-16/h2-5,7-8,10-13H,1,6,9,14H2,(H,30,34). The molecule has 10 heteroatoms. The second-order valence-electron chi connectivity index (χ2n) is 8.00. The molecule has 5 rings (SSSR count). The van der Waals surface area contributed by atoms with Crippen LogP contribution in [0.4, 0.5) is 10.5 Å². The van der Waals surface area contributed by atoms with Crippen molar-refractivity contribution in [2.45, 2.75) is 13.0 Å². The first-order chi connectivity index (χ1) is 16.9. The molecule has 3 amide bonds. The van der Waals surface area contributed by atoms with E-state index in [2.05, 4.69) is 22.0 Å². The Kier molecular flexibility index (Phi) is 6.15. The number of fused-ring (bicyclic) bond motifs is 1. The van der Waals surface area contributed by atoms with Crippen LogP contribution in [0.3, 0.4) is 0 Å². The molecule has 0 spiro atoms. The number of urea groups is 1. The van der Waals surface area contributed by atoms with Gasteiger partial charge in [-0.25, -0.2) is 4.79 Å². The zero-order valence-corrected chi connectivity index (χ0v) is 19.9. The Morgan fingerprint density at radius 3 is 2.51 bits per heavy atom. The van der Waals surface area contributed by atoms with E-state index >= 15 is 0 Å². The Morgan fingerprint density at radius 2 is 1.80 bits per heavy atom. The van der Waals surface area contributed by atoms with Crippen molar-refractivity contribution in [1.29, 1.82) is 0 Å². The average molecular weight is 508 g/mol. The van der Waals surface area contributed by atoms with Crippen molar-refractivity contribution in [3.05, 3.63) is 93.9 Å². The lowest BCUT2D eigenvalue weighted by Gasteiger charge is -2.29. The van der Waals surface area contributed by atoms with Crippen molar-refractivity contribution in [2.24, 2.45) is 5.10 Å². The van der Waals surface area contributed by atoms with Gasteiger partial charge >= 0.3 is 6.03 Å². The molecule has 2 aromatic carbocycles. The number of nitrogens with one attached hydrogen (secondary N) is 1. The predicted molar refractivity (Wildman–Crippen MR) is 134 cm³/mol. The van der Waals surface area contributed by atoms with Crippen LogP contribution >= 0.6 is 23.2 Å². The van der Waals surface area contributed by atoms with Crippen molar-refractivity contribution < 1.29 is 14.3 Å². The van der Waals surface area contributed by atoms with Gasteiger partial charge in [-0.2, -0.15) is 10.1 Å². The summed E-state index contributed by atoms with van der Waals surface area (Å²) in [5.74, 6) is 0.711. The van der Waals surface area contributed by atoms with Gasteiger partial charge in [-0.1, -0.05) is 29.8 Å². The molecule has 1 N–H and O–H groups in total. The molecule has 0 saturated heterocycles. The molecule has 0 atom stereocenters. The number of aromatic nitrogens is 1. The number of hydrazone groups is 1. The van der Waals surface area contributed by atoms with Crippen LogP contribution < -0.4 is 15.1 Å². The third-order valence-corrected chi connectivity index (χ3v) is 6.17. The summed E-state index contributed by atoms with van der Waals surface area (Å²) in [5.41, 5.74) is 3.32. The lowest BCUT2D eigenvalue weighted by molar-refractivity contribution is 0.0727. The molecule has 0 bridgehead atoms. The highest BCUT2D eigenvalue weighted by Gasteiger charge is 2.26. The van der Waals surface area contributed by atoms with E-state index in [1.165, 1.54) is 18.3 Å². The number of rotatable bonds is 5. The number of allylic oxidation sites excluding steroid dienone is 1. The van der Waals surface area contributed by atoms with Crippen LogP contribution in [-0.4, -0.2) is 34.6 Å². The second kappa shape index (κ2) is 9.40. The number of halogens is 2. The summed E-state index contributed by atoms with van der Waals surface area (Å²) in [7, 11) is 0. The summed E-state index contributed by atoms with van der Waals surface area (Å²) in [6.07, 6.45) is 5.54. The molecular formula is C25H19Cl2N5O3. The van der Waals surface area contributed by atoms with Crippen LogP contribution in [0.25, 0.3) is 0 Å². The van der Waals surface area contributed by atoms with Crippen LogP contribution in [0.1, 0.15) is 21.5 Å². The third-order valence-electron chi connectivity index (χ3n) is 5.60. The Balaban J connectivity index is 1.34. The number of hydrogen-bond donors (Lipinski definition) is 1. The van der Waals surface area contributed by atoms with Gasteiger partial charge in [0, 0.05) is 31.0 Å². The maximum atomic E-state index is 13.0. The van der Waals surface area contributed by atoms with Gasteiger partial charge in [-0.3, -0.25) is 9.78 Å². The molecule has 3 heterocycles. The SMILES string of the molecule is C=C1C=NN(c2cc(Cl)c(Oc3ccc4c(c3)CCN(Cc3ccncc3)C4=O)c(Cl)c2)C(=O)N1. The summed E-state index contributed by atoms with van der Waals surface area (Å²) in [4.78, 5) is 31.0. The molecular weight excluding hydrogens is 489 g/mol. The largest absolute Gasteiger partial charge is 0.454 e. The van der Waals surface area contributed by atoms with E-state index in [0.29, 0.717) is 42.2 Å². The van der Waals surface area contributed by atoms with Crippen molar-refractivity contribution in [2.75, 3.05) is 11.6 Å². The number of carbonyl (C=O) groups is 2. The van der Waals surface area contributed by atoms with Crippen molar-refractivity contribution in [3.63, 3.8) is 0 Å². The molecule has 35 heavy (non-hydrogen) atoms. The van der Waals surface area contributed by atoms with Gasteiger partial charge in [-0.15, -0.1) is 0 Å². The number of ether oxygens (including phenoxy) is 1. The smallest absolute Gasteiger partial charge is 0.347 e. The number of carbonyl (C=O) groups excluding carboxylic acids is 2. The molecule has 2 aliphatic heterocycles. The Hall–Kier alpha value is -3.88. The molecule has 0 fully saturated rings. The first-order valence-corrected chi connectivity index (χ1v) is 11.5. The lowest BCUT2D eigenvalue weighted by Crippen LogP contribution is -2.40. The zero-order chi connectivity index (χ0) is 24.5. The van der Waals surface area contributed by atoms with E-state index in [9.17, 15) is 9.59 Å². The average Bonchev–Trinajstić information content (AvgIpc) is 2.84. The number of hydrogen-bond acceptors (Lipinski definition) is 5. The number of pyridine rings is 1. The molecule has 0 saturated carbocycles. The predicted octanol–water partition coefficient (Wildman–Crippen LogP) is 5.41. The minimum Gasteiger partial charge on any atom is -0.454 e. The van der Waals surface area contributed by atoms with Gasteiger partial charge in [0.1, 0.15) is 5.75 Å². The topological polar surface area (TPSA) is 87.1 Å². The van der Waals surface area contributed by atoms with E-state index in [4.69, 9.17) is 27.9 Å². The van der Waals surface area contributed by atoms with Gasteiger partial charge in [0.2, 0.25) is 0 Å². The molecule has 0 radical (unpaired) electrons. The van der Waals surface area contributed by atoms with Crippen LogP contribution in [0.5, 0.6) is 11.5 Å². The van der Waals surface area contributed by atoms with Crippen molar-refractivity contribution >= 4 is 47.0 Å². The molecule has 8 nitrogen and oxygen atoms in total. The zero-order valence-electron chi connectivity index (χ0n) is 18.4. The molecule has 3 aromatic rings. The fourth-order valence-electron chi connectivity index (χ4n) is 3.91.